The van der Waals surface area contributed by atoms with Gasteiger partial charge in [-0.05, 0) is 48.5 Å². The van der Waals surface area contributed by atoms with Gasteiger partial charge in [-0.1, -0.05) is 27.5 Å². The Morgan fingerprint density at radius 3 is 2.35 bits per heavy atom. The molecule has 2 fully saturated rings. The van der Waals surface area contributed by atoms with Crippen molar-refractivity contribution in [2.45, 2.75) is 12.5 Å². The van der Waals surface area contributed by atoms with Crippen LogP contribution in [0.1, 0.15) is 6.42 Å². The summed E-state index contributed by atoms with van der Waals surface area (Å²) in [5.74, 6) is -0.729. The molecule has 0 spiro atoms. The first-order valence-corrected chi connectivity index (χ1v) is 12.4. The summed E-state index contributed by atoms with van der Waals surface area (Å²) in [7, 11) is 0. The van der Waals surface area contributed by atoms with Crippen molar-refractivity contribution in [2.75, 3.05) is 56.0 Å². The number of piperazine rings is 2. The van der Waals surface area contributed by atoms with E-state index in [0.29, 0.717) is 23.8 Å². The van der Waals surface area contributed by atoms with Crippen LogP contribution in [0.25, 0.3) is 0 Å². The fraction of sp³-hybridized carbons (Fsp3) is 0.375. The van der Waals surface area contributed by atoms with Crippen molar-refractivity contribution in [3.05, 3.63) is 58.0 Å². The second-order valence-electron chi connectivity index (χ2n) is 8.39. The molecule has 0 aromatic heterocycles. The van der Waals surface area contributed by atoms with Gasteiger partial charge in [0.05, 0.1) is 13.0 Å². The maximum atomic E-state index is 13.1. The Bertz CT molecular complexity index is 1030. The first-order valence-electron chi connectivity index (χ1n) is 11.2. The molecule has 2 aliphatic rings. The molecule has 8 nitrogen and oxygen atoms in total. The molecular formula is C24H27BrClN5O3. The van der Waals surface area contributed by atoms with Gasteiger partial charge in [0.15, 0.2) is 0 Å². The maximum Gasteiger partial charge on any atom is 0.243 e. The molecule has 2 saturated heterocycles. The molecule has 2 N–H and O–H groups in total. The van der Waals surface area contributed by atoms with Crippen LogP contribution < -0.4 is 15.5 Å². The van der Waals surface area contributed by atoms with Crippen molar-refractivity contribution in [2.24, 2.45) is 0 Å². The second kappa shape index (κ2) is 11.2. The second-order valence-corrected chi connectivity index (χ2v) is 9.74. The van der Waals surface area contributed by atoms with Gasteiger partial charge < -0.3 is 20.4 Å². The molecule has 2 aromatic rings. The number of nitrogens with zero attached hydrogens (tertiary/aromatic N) is 3. The van der Waals surface area contributed by atoms with Crippen molar-refractivity contribution < 1.29 is 14.4 Å². The molecule has 10 heteroatoms. The standard InChI is InChI=1S/C24H27BrClN5O3/c25-17-1-5-19(6-2-17)28-22(32)15-21-24(34)27-9-10-31(21)23(33)16-29-11-13-30(14-12-29)20-7-3-18(26)4-8-20/h1-8,21H,9-16H2,(H,27,34)(H,28,32). The first-order chi connectivity index (χ1) is 16.4. The fourth-order valence-corrected chi connectivity index (χ4v) is 4.63. The molecule has 2 heterocycles. The fourth-order valence-electron chi connectivity index (χ4n) is 4.24. The summed E-state index contributed by atoms with van der Waals surface area (Å²) in [6.45, 7) is 4.09. The lowest BCUT2D eigenvalue weighted by atomic mass is 10.1. The number of halogens is 2. The van der Waals surface area contributed by atoms with Gasteiger partial charge in [-0.2, -0.15) is 0 Å². The zero-order chi connectivity index (χ0) is 24.1. The predicted octanol–water partition coefficient (Wildman–Crippen LogP) is 2.58. The van der Waals surface area contributed by atoms with Crippen LogP contribution in [0.3, 0.4) is 0 Å². The maximum absolute atomic E-state index is 13.1. The monoisotopic (exact) mass is 547 g/mol. The minimum absolute atomic E-state index is 0.0853. The summed E-state index contributed by atoms with van der Waals surface area (Å²) >= 11 is 9.34. The number of nitrogens with one attached hydrogen (secondary N) is 2. The number of carbonyl (C=O) groups is 3. The average Bonchev–Trinajstić information content (AvgIpc) is 2.83. The normalized spacial score (nSPS) is 19.0. The average molecular weight is 549 g/mol. The first kappa shape index (κ1) is 24.5. The third kappa shape index (κ3) is 6.28. The molecule has 1 unspecified atom stereocenters. The molecular weight excluding hydrogens is 522 g/mol. The molecule has 0 bridgehead atoms. The van der Waals surface area contributed by atoms with E-state index in [9.17, 15) is 14.4 Å². The SMILES string of the molecule is O=C(CC1C(=O)NCCN1C(=O)CN1CCN(c2ccc(Cl)cc2)CC1)Nc1ccc(Br)cc1. The summed E-state index contributed by atoms with van der Waals surface area (Å²) < 4.78 is 0.905. The van der Waals surface area contributed by atoms with E-state index in [0.717, 1.165) is 36.3 Å². The topological polar surface area (TPSA) is 85.0 Å². The van der Waals surface area contributed by atoms with Gasteiger partial charge in [-0.15, -0.1) is 0 Å². The van der Waals surface area contributed by atoms with E-state index >= 15 is 0 Å². The Labute approximate surface area is 212 Å². The third-order valence-corrected chi connectivity index (χ3v) is 6.86. The van der Waals surface area contributed by atoms with Gasteiger partial charge in [-0.3, -0.25) is 19.3 Å². The van der Waals surface area contributed by atoms with E-state index in [-0.39, 0.29) is 30.7 Å². The molecule has 1 atom stereocenters. The van der Waals surface area contributed by atoms with E-state index in [1.807, 2.05) is 36.4 Å². The Hall–Kier alpha value is -2.62. The minimum atomic E-state index is -0.813. The molecule has 2 aromatic carbocycles. The lowest BCUT2D eigenvalue weighted by molar-refractivity contribution is -0.145. The molecule has 0 radical (unpaired) electrons. The number of hydrogen-bond acceptors (Lipinski definition) is 5. The van der Waals surface area contributed by atoms with Crippen LogP contribution in [0.5, 0.6) is 0 Å². The summed E-state index contributed by atoms with van der Waals surface area (Å²) in [5, 5.41) is 6.28. The van der Waals surface area contributed by atoms with Gasteiger partial charge in [0.1, 0.15) is 6.04 Å². The quantitative estimate of drug-likeness (QED) is 0.580. The van der Waals surface area contributed by atoms with Crippen molar-refractivity contribution in [1.29, 1.82) is 0 Å². The summed E-state index contributed by atoms with van der Waals surface area (Å²) in [6, 6.07) is 14.1. The molecule has 3 amide bonds. The summed E-state index contributed by atoms with van der Waals surface area (Å²) in [6.07, 6.45) is -0.0853. The number of anilines is 2. The zero-order valence-electron chi connectivity index (χ0n) is 18.7. The van der Waals surface area contributed by atoms with Crippen LogP contribution in [0.4, 0.5) is 11.4 Å². The lowest BCUT2D eigenvalue weighted by Crippen LogP contribution is -2.60. The molecule has 34 heavy (non-hydrogen) atoms. The highest BCUT2D eigenvalue weighted by molar-refractivity contribution is 9.10. The Morgan fingerprint density at radius 1 is 1.00 bits per heavy atom. The number of amides is 3. The van der Waals surface area contributed by atoms with Gasteiger partial charge >= 0.3 is 0 Å². The van der Waals surface area contributed by atoms with Crippen molar-refractivity contribution >= 4 is 56.6 Å². The van der Waals surface area contributed by atoms with E-state index in [1.54, 1.807) is 17.0 Å². The van der Waals surface area contributed by atoms with Gasteiger partial charge in [0.25, 0.3) is 0 Å². The molecule has 0 saturated carbocycles. The third-order valence-electron chi connectivity index (χ3n) is 6.08. The number of benzene rings is 2. The van der Waals surface area contributed by atoms with Crippen LogP contribution in [0.15, 0.2) is 53.0 Å². The highest BCUT2D eigenvalue weighted by Crippen LogP contribution is 2.20. The van der Waals surface area contributed by atoms with Crippen molar-refractivity contribution in [1.82, 2.24) is 15.1 Å². The number of rotatable bonds is 6. The van der Waals surface area contributed by atoms with Crippen LogP contribution in [0.2, 0.25) is 5.02 Å². The van der Waals surface area contributed by atoms with E-state index < -0.39 is 6.04 Å². The Balaban J connectivity index is 1.31. The molecule has 0 aliphatic carbocycles. The van der Waals surface area contributed by atoms with Crippen LogP contribution in [-0.2, 0) is 14.4 Å². The van der Waals surface area contributed by atoms with Crippen LogP contribution in [-0.4, -0.2) is 79.4 Å². The number of hydrogen-bond donors (Lipinski definition) is 2. The number of carbonyl (C=O) groups excluding carboxylic acids is 3. The van der Waals surface area contributed by atoms with Gasteiger partial charge in [0.2, 0.25) is 17.7 Å². The van der Waals surface area contributed by atoms with Crippen LogP contribution in [0, 0.1) is 0 Å². The van der Waals surface area contributed by atoms with Crippen LogP contribution >= 0.6 is 27.5 Å². The Morgan fingerprint density at radius 2 is 1.68 bits per heavy atom. The molecule has 180 valence electrons. The van der Waals surface area contributed by atoms with Gasteiger partial charge in [-0.25, -0.2) is 0 Å². The largest absolute Gasteiger partial charge is 0.369 e. The van der Waals surface area contributed by atoms with Crippen molar-refractivity contribution in [3.8, 4) is 0 Å². The molecule has 2 aliphatic heterocycles. The zero-order valence-corrected chi connectivity index (χ0v) is 21.0. The van der Waals surface area contributed by atoms with Crippen molar-refractivity contribution in [3.63, 3.8) is 0 Å². The lowest BCUT2D eigenvalue weighted by Gasteiger charge is -2.39. The molecule has 4 rings (SSSR count). The summed E-state index contributed by atoms with van der Waals surface area (Å²) in [5.41, 5.74) is 1.75. The van der Waals surface area contributed by atoms with Gasteiger partial charge in [0, 0.05) is 60.1 Å². The highest BCUT2D eigenvalue weighted by Gasteiger charge is 2.35. The van der Waals surface area contributed by atoms with E-state index in [4.69, 9.17) is 11.6 Å². The smallest absolute Gasteiger partial charge is 0.243 e. The predicted molar refractivity (Wildman–Crippen MR) is 136 cm³/mol. The highest BCUT2D eigenvalue weighted by atomic mass is 79.9. The summed E-state index contributed by atoms with van der Waals surface area (Å²) in [4.78, 5) is 44.2. The van der Waals surface area contributed by atoms with E-state index in [1.165, 1.54) is 0 Å². The Kier molecular flexibility index (Phi) is 8.07. The minimum Gasteiger partial charge on any atom is -0.369 e. The van der Waals surface area contributed by atoms with E-state index in [2.05, 4.69) is 36.4 Å².